The molecule has 88 valence electrons. The summed E-state index contributed by atoms with van der Waals surface area (Å²) in [5.41, 5.74) is 2.72. The first-order chi connectivity index (χ1) is 8.27. The highest BCUT2D eigenvalue weighted by atomic mass is 16.3. The van der Waals surface area contributed by atoms with E-state index in [1.54, 1.807) is 6.07 Å². The average molecular weight is 230 g/mol. The lowest BCUT2D eigenvalue weighted by Crippen LogP contribution is -1.97. The predicted octanol–water partition coefficient (Wildman–Crippen LogP) is 2.04. The molecule has 2 aromatic rings. The molecule has 2 aromatic carbocycles. The molecule has 0 radical (unpaired) electrons. The van der Waals surface area contributed by atoms with Crippen LogP contribution < -0.4 is 0 Å². The van der Waals surface area contributed by atoms with Gasteiger partial charge in [0, 0.05) is 5.56 Å². The van der Waals surface area contributed by atoms with Crippen LogP contribution in [0.2, 0.25) is 0 Å². The first-order valence-corrected chi connectivity index (χ1v) is 5.38. The third-order valence-corrected chi connectivity index (χ3v) is 2.77. The Balaban J connectivity index is 2.69. The molecule has 0 saturated heterocycles. The highest BCUT2D eigenvalue weighted by Gasteiger charge is 2.13. The van der Waals surface area contributed by atoms with Crippen LogP contribution in [0.1, 0.15) is 11.1 Å². The van der Waals surface area contributed by atoms with Crippen LogP contribution >= 0.6 is 0 Å². The van der Waals surface area contributed by atoms with Gasteiger partial charge in [0.05, 0.1) is 13.2 Å². The molecule has 0 fully saturated rings. The Morgan fingerprint density at radius 2 is 1.53 bits per heavy atom. The van der Waals surface area contributed by atoms with Gasteiger partial charge in [-0.15, -0.1) is 0 Å². The van der Waals surface area contributed by atoms with Crippen molar-refractivity contribution in [1.29, 1.82) is 0 Å². The van der Waals surface area contributed by atoms with E-state index in [1.807, 2.05) is 30.3 Å². The maximum absolute atomic E-state index is 9.73. The standard InChI is InChI=1S/C14H14O3/c15-8-11-6-7-13(17)12(9-16)14(11)10-4-2-1-3-5-10/h1-7,15-17H,8-9H2. The second-order valence-corrected chi connectivity index (χ2v) is 3.78. The Kier molecular flexibility index (Phi) is 3.42. The third-order valence-electron chi connectivity index (χ3n) is 2.77. The van der Waals surface area contributed by atoms with Gasteiger partial charge in [0.1, 0.15) is 5.75 Å². The minimum absolute atomic E-state index is 0.0450. The fraction of sp³-hybridized carbons (Fsp3) is 0.143. The topological polar surface area (TPSA) is 60.7 Å². The Morgan fingerprint density at radius 1 is 0.824 bits per heavy atom. The molecule has 17 heavy (non-hydrogen) atoms. The van der Waals surface area contributed by atoms with Crippen molar-refractivity contribution in [2.75, 3.05) is 0 Å². The molecule has 0 spiro atoms. The van der Waals surface area contributed by atoms with Gasteiger partial charge in [-0.05, 0) is 22.8 Å². The van der Waals surface area contributed by atoms with Crippen LogP contribution in [-0.4, -0.2) is 15.3 Å². The van der Waals surface area contributed by atoms with Gasteiger partial charge in [-0.25, -0.2) is 0 Å². The molecular formula is C14H14O3. The van der Waals surface area contributed by atoms with Crippen LogP contribution in [0.5, 0.6) is 5.75 Å². The predicted molar refractivity (Wildman–Crippen MR) is 65.4 cm³/mol. The van der Waals surface area contributed by atoms with Gasteiger partial charge in [0.15, 0.2) is 0 Å². The lowest BCUT2D eigenvalue weighted by molar-refractivity contribution is 0.272. The van der Waals surface area contributed by atoms with Crippen molar-refractivity contribution in [3.8, 4) is 16.9 Å². The molecule has 0 aromatic heterocycles. The van der Waals surface area contributed by atoms with E-state index in [1.165, 1.54) is 6.07 Å². The summed E-state index contributed by atoms with van der Waals surface area (Å²) in [7, 11) is 0. The van der Waals surface area contributed by atoms with Gasteiger partial charge in [0.2, 0.25) is 0 Å². The summed E-state index contributed by atoms with van der Waals surface area (Å²) in [6.45, 7) is -0.387. The number of aliphatic hydroxyl groups is 2. The van der Waals surface area contributed by atoms with Crippen LogP contribution in [0.15, 0.2) is 42.5 Å². The van der Waals surface area contributed by atoms with Crippen LogP contribution in [0.25, 0.3) is 11.1 Å². The maximum atomic E-state index is 9.73. The zero-order valence-corrected chi connectivity index (χ0v) is 9.30. The SMILES string of the molecule is OCc1ccc(O)c(CO)c1-c1ccccc1. The zero-order valence-electron chi connectivity index (χ0n) is 9.30. The lowest BCUT2D eigenvalue weighted by atomic mass is 9.94. The highest BCUT2D eigenvalue weighted by Crippen LogP contribution is 2.33. The second-order valence-electron chi connectivity index (χ2n) is 3.78. The van der Waals surface area contributed by atoms with E-state index < -0.39 is 0 Å². The van der Waals surface area contributed by atoms with Crippen LogP contribution in [0, 0.1) is 0 Å². The minimum atomic E-state index is -0.260. The number of rotatable bonds is 3. The van der Waals surface area contributed by atoms with Gasteiger partial charge in [0.25, 0.3) is 0 Å². The molecule has 0 bridgehead atoms. The highest BCUT2D eigenvalue weighted by molar-refractivity contribution is 5.73. The van der Waals surface area contributed by atoms with Crippen molar-refractivity contribution < 1.29 is 15.3 Å². The number of benzene rings is 2. The monoisotopic (exact) mass is 230 g/mol. The Bertz CT molecular complexity index is 506. The molecule has 0 aliphatic heterocycles. The Labute approximate surface area is 99.6 Å². The molecule has 3 N–H and O–H groups in total. The fourth-order valence-corrected chi connectivity index (χ4v) is 1.94. The first kappa shape index (κ1) is 11.6. The molecule has 0 atom stereocenters. The van der Waals surface area contributed by atoms with Gasteiger partial charge < -0.3 is 15.3 Å². The van der Waals surface area contributed by atoms with E-state index in [0.29, 0.717) is 16.7 Å². The molecule has 0 aliphatic carbocycles. The summed E-state index contributed by atoms with van der Waals surface area (Å²) in [5, 5.41) is 28.4. The molecule has 2 rings (SSSR count). The van der Waals surface area contributed by atoms with Gasteiger partial charge >= 0.3 is 0 Å². The fourth-order valence-electron chi connectivity index (χ4n) is 1.94. The summed E-state index contributed by atoms with van der Waals surface area (Å²) in [6.07, 6.45) is 0. The molecule has 0 saturated carbocycles. The van der Waals surface area contributed by atoms with E-state index in [2.05, 4.69) is 0 Å². The number of hydrogen-bond donors (Lipinski definition) is 3. The minimum Gasteiger partial charge on any atom is -0.508 e. The summed E-state index contributed by atoms with van der Waals surface area (Å²) >= 11 is 0. The lowest BCUT2D eigenvalue weighted by Gasteiger charge is -2.14. The third kappa shape index (κ3) is 2.16. The van der Waals surface area contributed by atoms with Crippen molar-refractivity contribution in [3.05, 3.63) is 53.6 Å². The summed E-state index contributed by atoms with van der Waals surface area (Å²) < 4.78 is 0. The van der Waals surface area contributed by atoms with Crippen LogP contribution in [0.4, 0.5) is 0 Å². The normalized spacial score (nSPS) is 10.5. The van der Waals surface area contributed by atoms with Crippen molar-refractivity contribution in [2.45, 2.75) is 13.2 Å². The summed E-state index contributed by atoms with van der Waals surface area (Å²) in [6, 6.07) is 12.6. The van der Waals surface area contributed by atoms with Crippen molar-refractivity contribution >= 4 is 0 Å². The number of aliphatic hydroxyl groups excluding tert-OH is 2. The van der Waals surface area contributed by atoms with Crippen molar-refractivity contribution in [2.24, 2.45) is 0 Å². The second kappa shape index (κ2) is 4.99. The van der Waals surface area contributed by atoms with E-state index in [0.717, 1.165) is 5.56 Å². The molecular weight excluding hydrogens is 216 g/mol. The average Bonchev–Trinajstić information content (AvgIpc) is 2.39. The number of hydrogen-bond acceptors (Lipinski definition) is 3. The van der Waals surface area contributed by atoms with Crippen LogP contribution in [-0.2, 0) is 13.2 Å². The molecule has 3 nitrogen and oxygen atoms in total. The van der Waals surface area contributed by atoms with E-state index in [9.17, 15) is 15.3 Å². The summed E-state index contributed by atoms with van der Waals surface area (Å²) in [4.78, 5) is 0. The van der Waals surface area contributed by atoms with Crippen molar-refractivity contribution in [3.63, 3.8) is 0 Å². The largest absolute Gasteiger partial charge is 0.508 e. The summed E-state index contributed by atoms with van der Waals surface area (Å²) in [5.74, 6) is 0.0450. The molecule has 3 heteroatoms. The van der Waals surface area contributed by atoms with E-state index >= 15 is 0 Å². The van der Waals surface area contributed by atoms with E-state index in [-0.39, 0.29) is 19.0 Å². The van der Waals surface area contributed by atoms with Gasteiger partial charge in [-0.2, -0.15) is 0 Å². The molecule has 0 heterocycles. The Hall–Kier alpha value is -1.84. The van der Waals surface area contributed by atoms with E-state index in [4.69, 9.17) is 0 Å². The van der Waals surface area contributed by atoms with Crippen LogP contribution in [0.3, 0.4) is 0 Å². The van der Waals surface area contributed by atoms with Gasteiger partial charge in [-0.3, -0.25) is 0 Å². The first-order valence-electron chi connectivity index (χ1n) is 5.38. The number of aromatic hydroxyl groups is 1. The zero-order chi connectivity index (χ0) is 12.3. The smallest absolute Gasteiger partial charge is 0.121 e. The quantitative estimate of drug-likeness (QED) is 0.756. The van der Waals surface area contributed by atoms with Gasteiger partial charge in [-0.1, -0.05) is 36.4 Å². The maximum Gasteiger partial charge on any atom is 0.121 e. The number of phenols is 1. The van der Waals surface area contributed by atoms with Crippen molar-refractivity contribution in [1.82, 2.24) is 0 Å². The molecule has 0 amide bonds. The molecule has 0 unspecified atom stereocenters. The Morgan fingerprint density at radius 3 is 2.12 bits per heavy atom. The molecule has 0 aliphatic rings.